The smallest absolute Gasteiger partial charge is 0.327 e. The van der Waals surface area contributed by atoms with E-state index in [1.807, 2.05) is 0 Å². The van der Waals surface area contributed by atoms with Crippen molar-refractivity contribution >= 4 is 23.5 Å². The van der Waals surface area contributed by atoms with Gasteiger partial charge < -0.3 is 10.5 Å². The van der Waals surface area contributed by atoms with Crippen LogP contribution < -0.4 is 5.73 Å². The first-order valence-electron chi connectivity index (χ1n) is 5.18. The highest BCUT2D eigenvalue weighted by Gasteiger charge is 2.12. The number of ether oxygens (including phenoxy) is 1. The molecule has 0 saturated heterocycles. The van der Waals surface area contributed by atoms with Gasteiger partial charge in [0.05, 0.1) is 17.7 Å². The van der Waals surface area contributed by atoms with E-state index in [1.165, 1.54) is 4.68 Å². The van der Waals surface area contributed by atoms with Crippen LogP contribution in [-0.4, -0.2) is 27.6 Å². The molecule has 2 N–H and O–H groups in total. The number of thioether (sulfide) groups is 1. The molecule has 0 atom stereocenters. The SMILES string of the molecule is CCOC(=O)Cn1ncc(SC(C)C)c1N. The van der Waals surface area contributed by atoms with Crippen LogP contribution >= 0.6 is 11.8 Å². The number of aromatic nitrogens is 2. The summed E-state index contributed by atoms with van der Waals surface area (Å²) >= 11 is 1.63. The van der Waals surface area contributed by atoms with Gasteiger partial charge in [-0.3, -0.25) is 4.79 Å². The molecule has 16 heavy (non-hydrogen) atoms. The van der Waals surface area contributed by atoms with E-state index < -0.39 is 0 Å². The molecule has 1 aromatic heterocycles. The Bertz CT molecular complexity index is 363. The maximum absolute atomic E-state index is 11.3. The number of carbonyl (C=O) groups is 1. The van der Waals surface area contributed by atoms with Crippen molar-refractivity contribution in [1.82, 2.24) is 9.78 Å². The van der Waals surface area contributed by atoms with Crippen molar-refractivity contribution in [2.24, 2.45) is 0 Å². The van der Waals surface area contributed by atoms with Crippen LogP contribution in [-0.2, 0) is 16.1 Å². The summed E-state index contributed by atoms with van der Waals surface area (Å²) in [5, 5.41) is 4.49. The van der Waals surface area contributed by atoms with Gasteiger partial charge >= 0.3 is 5.97 Å². The lowest BCUT2D eigenvalue weighted by Gasteiger charge is -2.06. The highest BCUT2D eigenvalue weighted by Crippen LogP contribution is 2.27. The second-order valence-corrected chi connectivity index (χ2v) is 5.14. The van der Waals surface area contributed by atoms with Gasteiger partial charge in [-0.05, 0) is 6.92 Å². The van der Waals surface area contributed by atoms with E-state index in [0.29, 0.717) is 17.7 Å². The van der Waals surface area contributed by atoms with Crippen molar-refractivity contribution in [3.8, 4) is 0 Å². The van der Waals surface area contributed by atoms with Crippen LogP contribution in [0, 0.1) is 0 Å². The van der Waals surface area contributed by atoms with E-state index in [9.17, 15) is 4.79 Å². The molecule has 0 unspecified atom stereocenters. The Morgan fingerprint density at radius 2 is 2.38 bits per heavy atom. The zero-order valence-corrected chi connectivity index (χ0v) is 10.6. The molecule has 0 saturated carbocycles. The summed E-state index contributed by atoms with van der Waals surface area (Å²) in [7, 11) is 0. The fraction of sp³-hybridized carbons (Fsp3) is 0.600. The van der Waals surface area contributed by atoms with Crippen molar-refractivity contribution in [2.45, 2.75) is 37.5 Å². The normalized spacial score (nSPS) is 10.8. The molecule has 6 heteroatoms. The molecule has 0 aromatic carbocycles. The molecule has 0 aliphatic rings. The fourth-order valence-corrected chi connectivity index (χ4v) is 2.02. The van der Waals surface area contributed by atoms with Gasteiger partial charge in [-0.15, -0.1) is 11.8 Å². The lowest BCUT2D eigenvalue weighted by atomic mass is 10.6. The van der Waals surface area contributed by atoms with Gasteiger partial charge in [-0.2, -0.15) is 5.10 Å². The van der Waals surface area contributed by atoms with Crippen LogP contribution in [0.15, 0.2) is 11.1 Å². The van der Waals surface area contributed by atoms with E-state index in [-0.39, 0.29) is 12.5 Å². The van der Waals surface area contributed by atoms with Gasteiger partial charge in [-0.25, -0.2) is 4.68 Å². The minimum Gasteiger partial charge on any atom is -0.465 e. The first kappa shape index (κ1) is 12.9. The predicted molar refractivity (Wildman–Crippen MR) is 64.3 cm³/mol. The molecule has 0 bridgehead atoms. The Balaban J connectivity index is 2.68. The molecule has 0 aliphatic carbocycles. The molecule has 0 spiro atoms. The number of nitrogens with two attached hydrogens (primary N) is 1. The van der Waals surface area contributed by atoms with Crippen LogP contribution in [0.25, 0.3) is 0 Å². The lowest BCUT2D eigenvalue weighted by molar-refractivity contribution is -0.144. The second kappa shape index (κ2) is 5.79. The number of nitrogens with zero attached hydrogens (tertiary/aromatic N) is 2. The van der Waals surface area contributed by atoms with Crippen molar-refractivity contribution < 1.29 is 9.53 Å². The molecular weight excluding hydrogens is 226 g/mol. The van der Waals surface area contributed by atoms with Crippen LogP contribution in [0.3, 0.4) is 0 Å². The van der Waals surface area contributed by atoms with E-state index >= 15 is 0 Å². The van der Waals surface area contributed by atoms with Crippen LogP contribution in [0.5, 0.6) is 0 Å². The largest absolute Gasteiger partial charge is 0.465 e. The number of rotatable bonds is 5. The van der Waals surface area contributed by atoms with Gasteiger partial charge in [0.1, 0.15) is 12.4 Å². The molecule has 1 rings (SSSR count). The quantitative estimate of drug-likeness (QED) is 0.627. The van der Waals surface area contributed by atoms with Gasteiger partial charge in [0.15, 0.2) is 0 Å². The highest BCUT2D eigenvalue weighted by molar-refractivity contribution is 8.00. The zero-order valence-electron chi connectivity index (χ0n) is 9.77. The molecular formula is C10H17N3O2S. The molecule has 1 aromatic rings. The van der Waals surface area contributed by atoms with Crippen LogP contribution in [0.2, 0.25) is 0 Å². The van der Waals surface area contributed by atoms with Crippen molar-refractivity contribution in [1.29, 1.82) is 0 Å². The van der Waals surface area contributed by atoms with Crippen LogP contribution in [0.1, 0.15) is 20.8 Å². The molecule has 5 nitrogen and oxygen atoms in total. The van der Waals surface area contributed by atoms with Gasteiger partial charge in [0, 0.05) is 5.25 Å². The topological polar surface area (TPSA) is 70.1 Å². The third-order valence-electron chi connectivity index (χ3n) is 1.79. The van der Waals surface area contributed by atoms with E-state index in [4.69, 9.17) is 10.5 Å². The van der Waals surface area contributed by atoms with Crippen molar-refractivity contribution in [3.63, 3.8) is 0 Å². The first-order valence-corrected chi connectivity index (χ1v) is 6.06. The standard InChI is InChI=1S/C10H17N3O2S/c1-4-15-9(14)6-13-10(11)8(5-12-13)16-7(2)3/h5,7H,4,6,11H2,1-3H3. The number of hydrogen-bond acceptors (Lipinski definition) is 5. The summed E-state index contributed by atoms with van der Waals surface area (Å²) in [6.07, 6.45) is 1.68. The number of carbonyl (C=O) groups excluding carboxylic acids is 1. The Kier molecular flexibility index (Phi) is 4.67. The number of nitrogen functional groups attached to an aromatic ring is 1. The second-order valence-electron chi connectivity index (χ2n) is 3.52. The van der Waals surface area contributed by atoms with E-state index in [1.54, 1.807) is 24.9 Å². The summed E-state index contributed by atoms with van der Waals surface area (Å²) < 4.78 is 6.29. The third kappa shape index (κ3) is 3.44. The van der Waals surface area contributed by atoms with Gasteiger partial charge in [0.2, 0.25) is 0 Å². The predicted octanol–water partition coefficient (Wildman–Crippen LogP) is 1.53. The molecule has 0 amide bonds. The fourth-order valence-electron chi connectivity index (χ4n) is 1.18. The Morgan fingerprint density at radius 3 is 2.94 bits per heavy atom. The summed E-state index contributed by atoms with van der Waals surface area (Å²) in [5.41, 5.74) is 5.87. The molecule has 0 fully saturated rings. The van der Waals surface area contributed by atoms with E-state index in [0.717, 1.165) is 4.90 Å². The molecule has 0 radical (unpaired) electrons. The highest BCUT2D eigenvalue weighted by atomic mass is 32.2. The zero-order chi connectivity index (χ0) is 12.1. The molecule has 0 aliphatic heterocycles. The Labute approximate surface area is 99.3 Å². The van der Waals surface area contributed by atoms with Gasteiger partial charge in [-0.1, -0.05) is 13.8 Å². The minimum absolute atomic E-state index is 0.0678. The third-order valence-corrected chi connectivity index (χ3v) is 2.83. The minimum atomic E-state index is -0.321. The van der Waals surface area contributed by atoms with Crippen molar-refractivity contribution in [3.05, 3.63) is 6.20 Å². The molecule has 90 valence electrons. The number of esters is 1. The van der Waals surface area contributed by atoms with Gasteiger partial charge in [0.25, 0.3) is 0 Å². The van der Waals surface area contributed by atoms with Crippen LogP contribution in [0.4, 0.5) is 5.82 Å². The summed E-state index contributed by atoms with van der Waals surface area (Å²) in [5.74, 6) is 0.199. The number of hydrogen-bond donors (Lipinski definition) is 1. The monoisotopic (exact) mass is 243 g/mol. The summed E-state index contributed by atoms with van der Waals surface area (Å²) in [4.78, 5) is 12.2. The maximum Gasteiger partial charge on any atom is 0.327 e. The maximum atomic E-state index is 11.3. The molecule has 1 heterocycles. The summed E-state index contributed by atoms with van der Waals surface area (Å²) in [6.45, 7) is 6.36. The van der Waals surface area contributed by atoms with Crippen molar-refractivity contribution in [2.75, 3.05) is 12.3 Å². The average molecular weight is 243 g/mol. The Hall–Kier alpha value is -1.17. The summed E-state index contributed by atoms with van der Waals surface area (Å²) in [6, 6.07) is 0. The Morgan fingerprint density at radius 1 is 1.69 bits per heavy atom. The first-order chi connectivity index (χ1) is 7.54. The van der Waals surface area contributed by atoms with E-state index in [2.05, 4.69) is 18.9 Å². The number of anilines is 1. The average Bonchev–Trinajstić information content (AvgIpc) is 2.50. The lowest BCUT2D eigenvalue weighted by Crippen LogP contribution is -2.16.